The van der Waals surface area contributed by atoms with Crippen molar-refractivity contribution in [2.45, 2.75) is 43.9 Å². The van der Waals surface area contributed by atoms with Gasteiger partial charge in [0.05, 0.1) is 15.6 Å². The second-order valence-corrected chi connectivity index (χ2v) is 11.5. The molecular formula is C24H32ClN5O2S. The van der Waals surface area contributed by atoms with Crippen molar-refractivity contribution < 1.29 is 8.42 Å². The molecule has 0 unspecified atom stereocenters. The lowest BCUT2D eigenvalue weighted by Gasteiger charge is -2.31. The molecule has 0 bridgehead atoms. The normalized spacial score (nSPS) is 15.2. The highest BCUT2D eigenvalue weighted by molar-refractivity contribution is 7.92. The van der Waals surface area contributed by atoms with Gasteiger partial charge in [-0.25, -0.2) is 13.4 Å². The lowest BCUT2D eigenvalue weighted by molar-refractivity contribution is 0.371. The molecular weight excluding hydrogens is 458 g/mol. The van der Waals surface area contributed by atoms with Crippen LogP contribution in [0.1, 0.15) is 44.9 Å². The van der Waals surface area contributed by atoms with E-state index in [1.807, 2.05) is 12.1 Å². The van der Waals surface area contributed by atoms with Crippen molar-refractivity contribution in [1.29, 1.82) is 5.41 Å². The fourth-order valence-corrected chi connectivity index (χ4v) is 4.99. The van der Waals surface area contributed by atoms with Gasteiger partial charge in [-0.15, -0.1) is 0 Å². The molecule has 0 radical (unpaired) electrons. The van der Waals surface area contributed by atoms with Gasteiger partial charge in [-0.1, -0.05) is 51.1 Å². The quantitative estimate of drug-likeness (QED) is 0.406. The molecule has 0 aliphatic carbocycles. The molecule has 3 N–H and O–H groups in total. The average molecular weight is 490 g/mol. The number of allylic oxidation sites excluding steroid dienone is 1. The van der Waals surface area contributed by atoms with E-state index >= 15 is 0 Å². The van der Waals surface area contributed by atoms with Crippen molar-refractivity contribution in [1.82, 2.24) is 15.2 Å². The zero-order valence-corrected chi connectivity index (χ0v) is 21.1. The summed E-state index contributed by atoms with van der Waals surface area (Å²) in [6, 6.07) is 8.25. The van der Waals surface area contributed by atoms with Gasteiger partial charge in [-0.2, -0.15) is 0 Å². The van der Waals surface area contributed by atoms with Gasteiger partial charge in [0, 0.05) is 24.9 Å². The van der Waals surface area contributed by atoms with E-state index in [1.54, 1.807) is 24.1 Å². The molecule has 2 heterocycles. The maximum atomic E-state index is 13.1. The molecule has 1 fully saturated rings. The molecule has 2 aromatic rings. The van der Waals surface area contributed by atoms with E-state index in [4.69, 9.17) is 17.0 Å². The van der Waals surface area contributed by atoms with Gasteiger partial charge in [0.2, 0.25) is 0 Å². The Hall–Kier alpha value is -2.42. The number of nitrogens with zero attached hydrogens (tertiary/aromatic N) is 2. The van der Waals surface area contributed by atoms with Crippen molar-refractivity contribution in [3.63, 3.8) is 0 Å². The fraction of sp³-hybridized carbons (Fsp3) is 0.417. The lowest BCUT2D eigenvalue weighted by atomic mass is 9.87. The predicted molar refractivity (Wildman–Crippen MR) is 135 cm³/mol. The van der Waals surface area contributed by atoms with E-state index in [0.29, 0.717) is 0 Å². The van der Waals surface area contributed by atoms with Crippen LogP contribution in [0.25, 0.3) is 0 Å². The summed E-state index contributed by atoms with van der Waals surface area (Å²) in [5.74, 6) is 0.307. The number of nitrogens with one attached hydrogen (secondary N) is 3. The Balaban J connectivity index is 1.87. The van der Waals surface area contributed by atoms with Gasteiger partial charge >= 0.3 is 0 Å². The van der Waals surface area contributed by atoms with Crippen LogP contribution in [0.2, 0.25) is 5.02 Å². The van der Waals surface area contributed by atoms with Crippen LogP contribution in [-0.4, -0.2) is 44.3 Å². The molecule has 178 valence electrons. The third-order valence-corrected chi connectivity index (χ3v) is 7.52. The van der Waals surface area contributed by atoms with E-state index in [9.17, 15) is 8.42 Å². The number of hydrogen-bond donors (Lipinski definition) is 3. The van der Waals surface area contributed by atoms with Crippen LogP contribution in [0.3, 0.4) is 0 Å². The number of aromatic nitrogens is 1. The van der Waals surface area contributed by atoms with Gasteiger partial charge in [-0.3, -0.25) is 10.1 Å². The average Bonchev–Trinajstić information content (AvgIpc) is 2.77. The Morgan fingerprint density at radius 2 is 1.85 bits per heavy atom. The zero-order chi connectivity index (χ0) is 24.4. The van der Waals surface area contributed by atoms with Crippen molar-refractivity contribution in [2.75, 3.05) is 24.9 Å². The highest BCUT2D eigenvalue weighted by atomic mass is 35.5. The molecule has 1 aromatic carbocycles. The largest absolute Gasteiger partial charge is 0.332 e. The summed E-state index contributed by atoms with van der Waals surface area (Å²) in [6.07, 6.45) is 3.28. The molecule has 9 heteroatoms. The number of sulfonamides is 1. The summed E-state index contributed by atoms with van der Waals surface area (Å²) in [7, 11) is -2.15. The van der Waals surface area contributed by atoms with Crippen molar-refractivity contribution in [3.05, 3.63) is 65.1 Å². The Labute approximate surface area is 201 Å². The van der Waals surface area contributed by atoms with Crippen molar-refractivity contribution >= 4 is 33.1 Å². The number of amidine groups is 1. The number of benzene rings is 1. The highest BCUT2D eigenvalue weighted by Gasteiger charge is 2.25. The topological polar surface area (TPSA) is 98.2 Å². The molecule has 1 aliphatic rings. The number of halogens is 1. The number of anilines is 1. The summed E-state index contributed by atoms with van der Waals surface area (Å²) in [4.78, 5) is 6.07. The molecule has 0 amide bonds. The zero-order valence-electron chi connectivity index (χ0n) is 19.6. The molecule has 1 saturated heterocycles. The summed E-state index contributed by atoms with van der Waals surface area (Å²) >= 11 is 6.13. The molecule has 33 heavy (non-hydrogen) atoms. The van der Waals surface area contributed by atoms with Gasteiger partial charge < -0.3 is 10.2 Å². The van der Waals surface area contributed by atoms with Gasteiger partial charge in [-0.05, 0) is 55.1 Å². The lowest BCUT2D eigenvalue weighted by Crippen LogP contribution is -2.35. The SMILES string of the molecule is C=C(C1CCNCC1)N(C)C(=N)c1ncc(Cl)cc1NS(=O)(=O)c1ccc(C(C)(C)C)cc1. The second kappa shape index (κ2) is 9.83. The van der Waals surface area contributed by atoms with Crippen LogP contribution >= 0.6 is 11.6 Å². The minimum atomic E-state index is -3.91. The van der Waals surface area contributed by atoms with Crippen molar-refractivity contribution in [2.24, 2.45) is 5.92 Å². The number of pyridine rings is 1. The van der Waals surface area contributed by atoms with Crippen LogP contribution < -0.4 is 10.0 Å². The first-order valence-corrected chi connectivity index (χ1v) is 12.8. The summed E-state index contributed by atoms with van der Waals surface area (Å²) in [5, 5.41) is 12.3. The van der Waals surface area contributed by atoms with Crippen LogP contribution in [0, 0.1) is 11.3 Å². The Kier molecular flexibility index (Phi) is 7.51. The molecule has 0 atom stereocenters. The summed E-state index contributed by atoms with van der Waals surface area (Å²) in [6.45, 7) is 12.2. The first kappa shape index (κ1) is 25.2. The predicted octanol–water partition coefficient (Wildman–Crippen LogP) is 4.60. The minimum absolute atomic E-state index is 0.0518. The van der Waals surface area contributed by atoms with Gasteiger partial charge in [0.15, 0.2) is 5.84 Å². The smallest absolute Gasteiger partial charge is 0.261 e. The minimum Gasteiger partial charge on any atom is -0.332 e. The third-order valence-electron chi connectivity index (χ3n) is 5.93. The maximum absolute atomic E-state index is 13.1. The van der Waals surface area contributed by atoms with Crippen molar-refractivity contribution in [3.8, 4) is 0 Å². The fourth-order valence-electron chi connectivity index (χ4n) is 3.78. The Morgan fingerprint density at radius 3 is 2.42 bits per heavy atom. The van der Waals surface area contributed by atoms with Crippen LogP contribution in [0.5, 0.6) is 0 Å². The molecule has 7 nitrogen and oxygen atoms in total. The van der Waals surface area contributed by atoms with Crippen LogP contribution in [0.15, 0.2) is 53.7 Å². The third kappa shape index (κ3) is 5.93. The molecule has 1 aromatic heterocycles. The van der Waals surface area contributed by atoms with E-state index in [2.05, 4.69) is 42.4 Å². The van der Waals surface area contributed by atoms with E-state index < -0.39 is 10.0 Å². The van der Waals surface area contributed by atoms with E-state index in [-0.39, 0.29) is 38.5 Å². The molecule has 0 saturated carbocycles. The monoisotopic (exact) mass is 489 g/mol. The first-order chi connectivity index (χ1) is 15.4. The Morgan fingerprint density at radius 1 is 1.24 bits per heavy atom. The van der Waals surface area contributed by atoms with Crippen LogP contribution in [-0.2, 0) is 15.4 Å². The number of piperidine rings is 1. The summed E-state index contributed by atoms with van der Waals surface area (Å²) < 4.78 is 28.8. The van der Waals surface area contributed by atoms with E-state index in [1.165, 1.54) is 12.3 Å². The van der Waals surface area contributed by atoms with Gasteiger partial charge in [0.25, 0.3) is 10.0 Å². The van der Waals surface area contributed by atoms with Gasteiger partial charge in [0.1, 0.15) is 5.69 Å². The molecule has 3 rings (SSSR count). The standard InChI is InChI=1S/C24H32ClN5O2S/c1-16(17-10-12-27-13-11-17)30(5)23(26)22-21(14-19(25)15-28-22)29-33(31,32)20-8-6-18(7-9-20)24(2,3)4/h6-9,14-15,17,26-27,29H,1,10-13H2,2-5H3. The Bertz CT molecular complexity index is 1130. The molecule has 0 spiro atoms. The maximum Gasteiger partial charge on any atom is 0.261 e. The second-order valence-electron chi connectivity index (χ2n) is 9.35. The molecule has 1 aliphatic heterocycles. The van der Waals surface area contributed by atoms with Crippen LogP contribution in [0.4, 0.5) is 5.69 Å². The highest BCUT2D eigenvalue weighted by Crippen LogP contribution is 2.28. The summed E-state index contributed by atoms with van der Waals surface area (Å²) in [5.41, 5.74) is 2.09. The van der Waals surface area contributed by atoms with E-state index in [0.717, 1.165) is 37.2 Å². The number of rotatable bonds is 6. The number of hydrogen-bond acceptors (Lipinski definition) is 5. The first-order valence-electron chi connectivity index (χ1n) is 10.9.